The van der Waals surface area contributed by atoms with Crippen molar-refractivity contribution in [2.75, 3.05) is 11.5 Å². The standard InChI is InChI=1S/C10H11BrFNO2S/c11-8-1-2-10(12)7(3-8)4-13-9-5-16(14,15)6-9/h1-3,9,13H,4-6H2. The number of benzene rings is 1. The van der Waals surface area contributed by atoms with Gasteiger partial charge in [-0.1, -0.05) is 15.9 Å². The Labute approximate surface area is 102 Å². The normalized spacial score (nSPS) is 19.4. The molecule has 1 aromatic rings. The second-order valence-electron chi connectivity index (χ2n) is 3.89. The van der Waals surface area contributed by atoms with Crippen LogP contribution in [0.5, 0.6) is 0 Å². The first-order valence-electron chi connectivity index (χ1n) is 4.84. The third-order valence-electron chi connectivity index (χ3n) is 2.50. The van der Waals surface area contributed by atoms with Gasteiger partial charge in [0.2, 0.25) is 0 Å². The van der Waals surface area contributed by atoms with Gasteiger partial charge in [0.15, 0.2) is 9.84 Å². The molecular formula is C10H11BrFNO2S. The number of sulfone groups is 1. The molecule has 0 radical (unpaired) electrons. The van der Waals surface area contributed by atoms with Gasteiger partial charge >= 0.3 is 0 Å². The smallest absolute Gasteiger partial charge is 0.153 e. The molecule has 1 aromatic carbocycles. The molecule has 2 rings (SSSR count). The highest BCUT2D eigenvalue weighted by Gasteiger charge is 2.32. The number of hydrogen-bond donors (Lipinski definition) is 1. The molecule has 1 saturated heterocycles. The fraction of sp³-hybridized carbons (Fsp3) is 0.400. The van der Waals surface area contributed by atoms with Crippen LogP contribution in [0, 0.1) is 5.82 Å². The molecule has 1 fully saturated rings. The minimum Gasteiger partial charge on any atom is -0.308 e. The van der Waals surface area contributed by atoms with Crippen LogP contribution in [-0.4, -0.2) is 26.0 Å². The van der Waals surface area contributed by atoms with E-state index in [-0.39, 0.29) is 23.4 Å². The van der Waals surface area contributed by atoms with E-state index in [1.54, 1.807) is 12.1 Å². The first-order chi connectivity index (χ1) is 7.46. The molecule has 88 valence electrons. The summed E-state index contributed by atoms with van der Waals surface area (Å²) in [5.41, 5.74) is 0.540. The van der Waals surface area contributed by atoms with Gasteiger partial charge in [-0.15, -0.1) is 0 Å². The van der Waals surface area contributed by atoms with Gasteiger partial charge in [-0.25, -0.2) is 12.8 Å². The van der Waals surface area contributed by atoms with E-state index in [1.165, 1.54) is 6.07 Å². The second-order valence-corrected chi connectivity index (χ2v) is 6.96. The minimum atomic E-state index is -2.82. The van der Waals surface area contributed by atoms with Gasteiger partial charge in [0.05, 0.1) is 11.5 Å². The minimum absolute atomic E-state index is 0.0385. The Kier molecular flexibility index (Phi) is 3.32. The quantitative estimate of drug-likeness (QED) is 0.920. The Bertz CT molecular complexity index is 492. The maximum absolute atomic E-state index is 13.3. The molecule has 0 spiro atoms. The number of rotatable bonds is 3. The molecule has 1 N–H and O–H groups in total. The maximum atomic E-state index is 13.3. The van der Waals surface area contributed by atoms with E-state index in [0.29, 0.717) is 12.1 Å². The Hall–Kier alpha value is -0.460. The number of hydrogen-bond acceptors (Lipinski definition) is 3. The molecule has 3 nitrogen and oxygen atoms in total. The van der Waals surface area contributed by atoms with Gasteiger partial charge in [-0.05, 0) is 18.2 Å². The van der Waals surface area contributed by atoms with Crippen molar-refractivity contribution in [3.63, 3.8) is 0 Å². The van der Waals surface area contributed by atoms with Gasteiger partial charge in [0, 0.05) is 22.6 Å². The van der Waals surface area contributed by atoms with Gasteiger partial charge in [-0.2, -0.15) is 0 Å². The highest BCUT2D eigenvalue weighted by atomic mass is 79.9. The lowest BCUT2D eigenvalue weighted by Crippen LogP contribution is -2.50. The molecule has 0 bridgehead atoms. The summed E-state index contributed by atoms with van der Waals surface area (Å²) in [6.45, 7) is 0.353. The van der Waals surface area contributed by atoms with Gasteiger partial charge < -0.3 is 5.32 Å². The van der Waals surface area contributed by atoms with E-state index >= 15 is 0 Å². The van der Waals surface area contributed by atoms with Gasteiger partial charge in [0.25, 0.3) is 0 Å². The summed E-state index contributed by atoms with van der Waals surface area (Å²) in [6.07, 6.45) is 0. The SMILES string of the molecule is O=S1(=O)CC(NCc2cc(Br)ccc2F)C1. The molecule has 0 saturated carbocycles. The zero-order chi connectivity index (χ0) is 11.8. The third-order valence-corrected chi connectivity index (χ3v) is 4.81. The highest BCUT2D eigenvalue weighted by Crippen LogP contribution is 2.16. The lowest BCUT2D eigenvalue weighted by Gasteiger charge is -2.26. The second kappa shape index (κ2) is 4.43. The molecule has 16 heavy (non-hydrogen) atoms. The van der Waals surface area contributed by atoms with Crippen molar-refractivity contribution < 1.29 is 12.8 Å². The Morgan fingerprint density at radius 1 is 1.44 bits per heavy atom. The third kappa shape index (κ3) is 2.81. The Morgan fingerprint density at radius 3 is 2.75 bits per heavy atom. The van der Waals surface area contributed by atoms with E-state index < -0.39 is 9.84 Å². The van der Waals surface area contributed by atoms with Crippen LogP contribution in [0.2, 0.25) is 0 Å². The van der Waals surface area contributed by atoms with Crippen LogP contribution in [0.3, 0.4) is 0 Å². The van der Waals surface area contributed by atoms with Crippen LogP contribution >= 0.6 is 15.9 Å². The van der Waals surface area contributed by atoms with Crippen molar-refractivity contribution >= 4 is 25.8 Å². The zero-order valence-electron chi connectivity index (χ0n) is 8.41. The van der Waals surface area contributed by atoms with Crippen molar-refractivity contribution in [1.82, 2.24) is 5.32 Å². The van der Waals surface area contributed by atoms with Crippen molar-refractivity contribution in [3.8, 4) is 0 Å². The van der Waals surface area contributed by atoms with E-state index in [4.69, 9.17) is 0 Å². The molecule has 1 aliphatic rings. The topological polar surface area (TPSA) is 46.2 Å². The lowest BCUT2D eigenvalue weighted by molar-refractivity contribution is 0.503. The first-order valence-corrected chi connectivity index (χ1v) is 7.45. The summed E-state index contributed by atoms with van der Waals surface area (Å²) in [6, 6.07) is 4.67. The summed E-state index contributed by atoms with van der Waals surface area (Å²) in [5, 5.41) is 3.02. The summed E-state index contributed by atoms with van der Waals surface area (Å²) in [7, 11) is -2.82. The van der Waals surface area contributed by atoms with Crippen LogP contribution in [0.4, 0.5) is 4.39 Å². The summed E-state index contributed by atoms with van der Waals surface area (Å²) < 4.78 is 35.9. The fourth-order valence-electron chi connectivity index (χ4n) is 1.62. The van der Waals surface area contributed by atoms with Gasteiger partial charge in [-0.3, -0.25) is 0 Å². The molecule has 0 unspecified atom stereocenters. The lowest BCUT2D eigenvalue weighted by atomic mass is 10.2. The number of halogens is 2. The fourth-order valence-corrected chi connectivity index (χ4v) is 3.39. The molecule has 0 aromatic heterocycles. The van der Waals surface area contributed by atoms with Gasteiger partial charge in [0.1, 0.15) is 5.82 Å². The van der Waals surface area contributed by atoms with Crippen molar-refractivity contribution in [2.24, 2.45) is 0 Å². The number of nitrogens with one attached hydrogen (secondary N) is 1. The van der Waals surface area contributed by atoms with Crippen molar-refractivity contribution in [1.29, 1.82) is 0 Å². The Morgan fingerprint density at radius 2 is 2.12 bits per heavy atom. The van der Waals surface area contributed by atoms with Crippen LogP contribution in [-0.2, 0) is 16.4 Å². The Balaban J connectivity index is 1.93. The predicted molar refractivity (Wildman–Crippen MR) is 63.4 cm³/mol. The predicted octanol–water partition coefficient (Wildman–Crippen LogP) is 1.47. The average molecular weight is 308 g/mol. The average Bonchev–Trinajstić information content (AvgIpc) is 2.16. The summed E-state index contributed by atoms with van der Waals surface area (Å²) in [5.74, 6) is 0.0310. The molecule has 0 atom stereocenters. The van der Waals surface area contributed by atoms with Crippen LogP contribution in [0.1, 0.15) is 5.56 Å². The zero-order valence-corrected chi connectivity index (χ0v) is 10.8. The van der Waals surface area contributed by atoms with Crippen molar-refractivity contribution in [3.05, 3.63) is 34.1 Å². The summed E-state index contributed by atoms with van der Waals surface area (Å²) in [4.78, 5) is 0. The van der Waals surface area contributed by atoms with E-state index in [2.05, 4.69) is 21.2 Å². The first kappa shape index (κ1) is 12.0. The van der Waals surface area contributed by atoms with Crippen molar-refractivity contribution in [2.45, 2.75) is 12.6 Å². The summed E-state index contributed by atoms with van der Waals surface area (Å²) >= 11 is 3.26. The van der Waals surface area contributed by atoms with Crippen LogP contribution in [0.25, 0.3) is 0 Å². The van der Waals surface area contributed by atoms with E-state index in [9.17, 15) is 12.8 Å². The molecule has 6 heteroatoms. The highest BCUT2D eigenvalue weighted by molar-refractivity contribution is 9.10. The molecule has 1 heterocycles. The maximum Gasteiger partial charge on any atom is 0.153 e. The molecule has 1 aliphatic heterocycles. The monoisotopic (exact) mass is 307 g/mol. The van der Waals surface area contributed by atoms with Crippen LogP contribution < -0.4 is 5.32 Å². The molecule has 0 amide bonds. The molecule has 0 aliphatic carbocycles. The van der Waals surface area contributed by atoms with E-state index in [0.717, 1.165) is 4.47 Å². The largest absolute Gasteiger partial charge is 0.308 e. The van der Waals surface area contributed by atoms with Crippen LogP contribution in [0.15, 0.2) is 22.7 Å². The van der Waals surface area contributed by atoms with E-state index in [1.807, 2.05) is 0 Å². The molecular weight excluding hydrogens is 297 g/mol.